The number of carbonyl (C=O) groups is 1. The molecular weight excluding hydrogens is 346 g/mol. The van der Waals surface area contributed by atoms with Crippen molar-refractivity contribution < 1.29 is 9.53 Å². The van der Waals surface area contributed by atoms with Crippen molar-refractivity contribution in [1.29, 1.82) is 0 Å². The minimum Gasteiger partial charge on any atom is -0.489 e. The van der Waals surface area contributed by atoms with E-state index in [1.807, 2.05) is 48.5 Å². The van der Waals surface area contributed by atoms with Crippen LogP contribution in [0.5, 0.6) is 5.75 Å². The number of piperidine rings is 1. The van der Waals surface area contributed by atoms with Gasteiger partial charge in [0.15, 0.2) is 5.78 Å². The first-order valence-corrected chi connectivity index (χ1v) is 10.2. The molecule has 0 aromatic heterocycles. The normalized spacial score (nSPS) is 18.6. The summed E-state index contributed by atoms with van der Waals surface area (Å²) >= 11 is 0. The van der Waals surface area contributed by atoms with Gasteiger partial charge in [-0.15, -0.1) is 0 Å². The highest BCUT2D eigenvalue weighted by molar-refractivity contribution is 5.96. The zero-order valence-electron chi connectivity index (χ0n) is 17.8. The molecule has 150 valence electrons. The van der Waals surface area contributed by atoms with Crippen LogP contribution in [0.1, 0.15) is 68.4 Å². The number of Topliss-reactive ketones (excluding diaryl/α,β-unsaturated/α-hetero) is 1. The molecule has 2 aromatic rings. The number of hydrogen-bond acceptors (Lipinski definition) is 3. The summed E-state index contributed by atoms with van der Waals surface area (Å²) in [6.07, 6.45) is 2.68. The zero-order chi connectivity index (χ0) is 20.4. The SMILES string of the molecule is Cc1ccc(OCc2ccc(C(=O)CC3CC(C)(C)NC(C)(C)C3)cc2)cc1. The molecule has 0 unspecified atom stereocenters. The Morgan fingerprint density at radius 2 is 1.54 bits per heavy atom. The van der Waals surface area contributed by atoms with Gasteiger partial charge in [-0.3, -0.25) is 4.79 Å². The highest BCUT2D eigenvalue weighted by atomic mass is 16.5. The van der Waals surface area contributed by atoms with Gasteiger partial charge in [0.2, 0.25) is 0 Å². The highest BCUT2D eigenvalue weighted by Crippen LogP contribution is 2.35. The van der Waals surface area contributed by atoms with Crippen LogP contribution in [-0.4, -0.2) is 16.9 Å². The van der Waals surface area contributed by atoms with Gasteiger partial charge in [0.05, 0.1) is 0 Å². The molecule has 0 aliphatic carbocycles. The van der Waals surface area contributed by atoms with Crippen molar-refractivity contribution in [3.05, 3.63) is 65.2 Å². The maximum absolute atomic E-state index is 12.8. The molecule has 1 heterocycles. The van der Waals surface area contributed by atoms with E-state index >= 15 is 0 Å². The second kappa shape index (κ2) is 8.08. The Labute approximate surface area is 169 Å². The lowest BCUT2D eigenvalue weighted by atomic mass is 9.74. The molecule has 0 atom stereocenters. The highest BCUT2D eigenvalue weighted by Gasteiger charge is 2.38. The van der Waals surface area contributed by atoms with Gasteiger partial charge in [-0.2, -0.15) is 0 Å². The smallest absolute Gasteiger partial charge is 0.163 e. The Balaban J connectivity index is 1.56. The first kappa shape index (κ1) is 20.6. The summed E-state index contributed by atoms with van der Waals surface area (Å²) in [6.45, 7) is 11.5. The van der Waals surface area contributed by atoms with E-state index in [4.69, 9.17) is 4.74 Å². The molecule has 3 rings (SSSR count). The van der Waals surface area contributed by atoms with Crippen molar-refractivity contribution in [3.8, 4) is 5.75 Å². The molecule has 2 aromatic carbocycles. The second-order valence-electron chi connectivity index (χ2n) is 9.59. The average Bonchev–Trinajstić information content (AvgIpc) is 2.59. The van der Waals surface area contributed by atoms with E-state index in [1.165, 1.54) is 5.56 Å². The number of aryl methyl sites for hydroxylation is 1. The Bertz CT molecular complexity index is 787. The number of rotatable bonds is 6. The van der Waals surface area contributed by atoms with Gasteiger partial charge < -0.3 is 10.1 Å². The molecule has 3 heteroatoms. The van der Waals surface area contributed by atoms with Crippen molar-refractivity contribution in [2.24, 2.45) is 5.92 Å². The number of carbonyl (C=O) groups excluding carboxylic acids is 1. The maximum Gasteiger partial charge on any atom is 0.163 e. The fraction of sp³-hybridized carbons (Fsp3) is 0.480. The molecular formula is C25H33NO2. The van der Waals surface area contributed by atoms with Crippen LogP contribution in [0.4, 0.5) is 0 Å². The van der Waals surface area contributed by atoms with E-state index in [-0.39, 0.29) is 16.9 Å². The van der Waals surface area contributed by atoms with Crippen molar-refractivity contribution in [2.45, 2.75) is 71.6 Å². The maximum atomic E-state index is 12.8. The van der Waals surface area contributed by atoms with Crippen molar-refractivity contribution in [1.82, 2.24) is 5.32 Å². The van der Waals surface area contributed by atoms with E-state index in [0.717, 1.165) is 29.7 Å². The fourth-order valence-corrected chi connectivity index (χ4v) is 4.65. The predicted molar refractivity (Wildman–Crippen MR) is 115 cm³/mol. The molecule has 1 aliphatic rings. The van der Waals surface area contributed by atoms with E-state index in [2.05, 4.69) is 39.9 Å². The molecule has 28 heavy (non-hydrogen) atoms. The van der Waals surface area contributed by atoms with Gasteiger partial charge in [0.25, 0.3) is 0 Å². The van der Waals surface area contributed by atoms with Crippen LogP contribution in [0.2, 0.25) is 0 Å². The van der Waals surface area contributed by atoms with Crippen LogP contribution in [0.3, 0.4) is 0 Å². The van der Waals surface area contributed by atoms with E-state index in [0.29, 0.717) is 18.9 Å². The van der Waals surface area contributed by atoms with Crippen LogP contribution in [0.25, 0.3) is 0 Å². The third-order valence-corrected chi connectivity index (χ3v) is 5.45. The summed E-state index contributed by atoms with van der Waals surface area (Å²) in [7, 11) is 0. The summed E-state index contributed by atoms with van der Waals surface area (Å²) in [6, 6.07) is 15.9. The van der Waals surface area contributed by atoms with E-state index < -0.39 is 0 Å². The molecule has 1 saturated heterocycles. The average molecular weight is 380 g/mol. The molecule has 0 radical (unpaired) electrons. The largest absolute Gasteiger partial charge is 0.489 e. The number of ketones is 1. The quantitative estimate of drug-likeness (QED) is 0.654. The van der Waals surface area contributed by atoms with Crippen LogP contribution in [-0.2, 0) is 6.61 Å². The van der Waals surface area contributed by atoms with Gasteiger partial charge in [0.1, 0.15) is 12.4 Å². The fourth-order valence-electron chi connectivity index (χ4n) is 4.65. The molecule has 3 nitrogen and oxygen atoms in total. The number of nitrogens with one attached hydrogen (secondary N) is 1. The standard InChI is InChI=1S/C25H33NO2/c1-18-6-12-22(13-7-18)28-17-19-8-10-21(11-9-19)23(27)14-20-15-24(2,3)26-25(4,5)16-20/h6-13,20,26H,14-17H2,1-5H3. The Hall–Kier alpha value is -2.13. The summed E-state index contributed by atoms with van der Waals surface area (Å²) in [4.78, 5) is 12.8. The summed E-state index contributed by atoms with van der Waals surface area (Å²) < 4.78 is 5.82. The molecule has 0 bridgehead atoms. The van der Waals surface area contributed by atoms with Gasteiger partial charge in [-0.1, -0.05) is 42.0 Å². The Morgan fingerprint density at radius 3 is 2.11 bits per heavy atom. The Kier molecular flexibility index (Phi) is 5.95. The third-order valence-electron chi connectivity index (χ3n) is 5.45. The number of hydrogen-bond donors (Lipinski definition) is 1. The zero-order valence-corrected chi connectivity index (χ0v) is 17.8. The lowest BCUT2D eigenvalue weighted by Crippen LogP contribution is -2.57. The second-order valence-corrected chi connectivity index (χ2v) is 9.59. The lowest BCUT2D eigenvalue weighted by molar-refractivity contribution is 0.0864. The predicted octanol–water partition coefficient (Wildman–Crippen LogP) is 5.70. The molecule has 0 amide bonds. The summed E-state index contributed by atoms with van der Waals surface area (Å²) in [5.41, 5.74) is 3.23. The first-order chi connectivity index (χ1) is 13.1. The molecule has 0 saturated carbocycles. The minimum atomic E-state index is 0.0733. The van der Waals surface area contributed by atoms with Crippen LogP contribution >= 0.6 is 0 Å². The van der Waals surface area contributed by atoms with Crippen molar-refractivity contribution in [3.63, 3.8) is 0 Å². The van der Waals surface area contributed by atoms with Crippen LogP contribution in [0, 0.1) is 12.8 Å². The van der Waals surface area contributed by atoms with Crippen molar-refractivity contribution >= 4 is 5.78 Å². The topological polar surface area (TPSA) is 38.3 Å². The lowest BCUT2D eigenvalue weighted by Gasteiger charge is -2.46. The summed E-state index contributed by atoms with van der Waals surface area (Å²) in [5.74, 6) is 1.52. The minimum absolute atomic E-state index is 0.0733. The van der Waals surface area contributed by atoms with Crippen LogP contribution in [0.15, 0.2) is 48.5 Å². The summed E-state index contributed by atoms with van der Waals surface area (Å²) in [5, 5.41) is 3.69. The molecule has 1 aliphatic heterocycles. The number of benzene rings is 2. The Morgan fingerprint density at radius 1 is 0.964 bits per heavy atom. The third kappa shape index (κ3) is 5.68. The van der Waals surface area contributed by atoms with Gasteiger partial charge in [0, 0.05) is 23.1 Å². The van der Waals surface area contributed by atoms with E-state index in [9.17, 15) is 4.79 Å². The van der Waals surface area contributed by atoms with Crippen molar-refractivity contribution in [2.75, 3.05) is 0 Å². The van der Waals surface area contributed by atoms with Gasteiger partial charge in [-0.25, -0.2) is 0 Å². The van der Waals surface area contributed by atoms with Crippen LogP contribution < -0.4 is 10.1 Å². The number of ether oxygens (including phenoxy) is 1. The van der Waals surface area contributed by atoms with Gasteiger partial charge in [-0.05, 0) is 71.1 Å². The molecule has 0 spiro atoms. The molecule has 1 fully saturated rings. The monoisotopic (exact) mass is 379 g/mol. The van der Waals surface area contributed by atoms with E-state index in [1.54, 1.807) is 0 Å². The van der Waals surface area contributed by atoms with Gasteiger partial charge >= 0.3 is 0 Å². The molecule has 1 N–H and O–H groups in total. The first-order valence-electron chi connectivity index (χ1n) is 10.2.